The van der Waals surface area contributed by atoms with Gasteiger partial charge in [0.05, 0.1) is 0 Å². The topological polar surface area (TPSA) is 65.5 Å². The SMILES string of the molecule is CCNC(=NCC(=O)NC1CC1)NCC(C)Sc1ccccc1. The Morgan fingerprint density at radius 1 is 1.30 bits per heavy atom. The van der Waals surface area contributed by atoms with E-state index in [1.807, 2.05) is 36.9 Å². The fourth-order valence-electron chi connectivity index (χ4n) is 2.01. The van der Waals surface area contributed by atoms with E-state index in [4.69, 9.17) is 0 Å². The molecule has 0 spiro atoms. The molecule has 1 unspecified atom stereocenters. The minimum Gasteiger partial charge on any atom is -0.357 e. The largest absolute Gasteiger partial charge is 0.357 e. The summed E-state index contributed by atoms with van der Waals surface area (Å²) in [6.45, 7) is 5.93. The van der Waals surface area contributed by atoms with E-state index in [1.165, 1.54) is 4.90 Å². The zero-order valence-electron chi connectivity index (χ0n) is 13.8. The molecule has 1 aliphatic carbocycles. The standard InChI is InChI=1S/C17H26N4OS/c1-3-18-17(20-12-16(22)21-14-9-10-14)19-11-13(2)23-15-7-5-4-6-8-15/h4-8,13-14H,3,9-12H2,1-2H3,(H,21,22)(H2,18,19,20). The molecule has 1 saturated carbocycles. The van der Waals surface area contributed by atoms with Crippen molar-refractivity contribution in [1.29, 1.82) is 0 Å². The van der Waals surface area contributed by atoms with Crippen LogP contribution in [0.5, 0.6) is 0 Å². The molecule has 2 rings (SSSR count). The van der Waals surface area contributed by atoms with Gasteiger partial charge in [-0.15, -0.1) is 11.8 Å². The minimum atomic E-state index is -0.00332. The van der Waals surface area contributed by atoms with Crippen molar-refractivity contribution in [3.05, 3.63) is 30.3 Å². The lowest BCUT2D eigenvalue weighted by molar-refractivity contribution is -0.119. The second-order valence-corrected chi connectivity index (χ2v) is 7.17. The van der Waals surface area contributed by atoms with E-state index < -0.39 is 0 Å². The molecule has 0 saturated heterocycles. The average Bonchev–Trinajstić information content (AvgIpc) is 3.35. The molecule has 0 heterocycles. The van der Waals surface area contributed by atoms with Crippen LogP contribution < -0.4 is 16.0 Å². The van der Waals surface area contributed by atoms with Crippen LogP contribution in [0.3, 0.4) is 0 Å². The number of nitrogens with zero attached hydrogens (tertiary/aromatic N) is 1. The second-order valence-electron chi connectivity index (χ2n) is 5.66. The van der Waals surface area contributed by atoms with E-state index in [-0.39, 0.29) is 12.5 Å². The molecule has 1 fully saturated rings. The number of benzene rings is 1. The Bertz CT molecular complexity index is 517. The lowest BCUT2D eigenvalue weighted by Gasteiger charge is -2.15. The Morgan fingerprint density at radius 2 is 2.04 bits per heavy atom. The summed E-state index contributed by atoms with van der Waals surface area (Å²) in [5.74, 6) is 0.690. The number of carbonyl (C=O) groups is 1. The maximum absolute atomic E-state index is 11.7. The third-order valence-electron chi connectivity index (χ3n) is 3.30. The number of amides is 1. The van der Waals surface area contributed by atoms with Crippen molar-refractivity contribution in [1.82, 2.24) is 16.0 Å². The van der Waals surface area contributed by atoms with Crippen molar-refractivity contribution in [2.24, 2.45) is 4.99 Å². The molecule has 1 atom stereocenters. The van der Waals surface area contributed by atoms with Gasteiger partial charge in [-0.25, -0.2) is 4.99 Å². The average molecular weight is 334 g/mol. The molecule has 1 aromatic carbocycles. The highest BCUT2D eigenvalue weighted by Crippen LogP contribution is 2.21. The number of aliphatic imine (C=N–C) groups is 1. The number of thioether (sulfide) groups is 1. The van der Waals surface area contributed by atoms with Gasteiger partial charge in [-0.1, -0.05) is 25.1 Å². The maximum Gasteiger partial charge on any atom is 0.242 e. The van der Waals surface area contributed by atoms with Gasteiger partial charge in [0.25, 0.3) is 0 Å². The lowest BCUT2D eigenvalue weighted by Crippen LogP contribution is -2.41. The molecule has 1 aliphatic rings. The molecule has 3 N–H and O–H groups in total. The van der Waals surface area contributed by atoms with E-state index >= 15 is 0 Å². The molecule has 1 amide bonds. The van der Waals surface area contributed by atoms with Gasteiger partial charge in [0.1, 0.15) is 6.54 Å². The van der Waals surface area contributed by atoms with Gasteiger partial charge in [0.15, 0.2) is 5.96 Å². The Hall–Kier alpha value is -1.69. The second kappa shape index (κ2) is 9.45. The molecule has 1 aromatic rings. The van der Waals surface area contributed by atoms with Gasteiger partial charge in [-0.05, 0) is 31.9 Å². The Kier molecular flexibility index (Phi) is 7.26. The normalized spacial score (nSPS) is 15.8. The quantitative estimate of drug-likeness (QED) is 0.386. The number of hydrogen-bond acceptors (Lipinski definition) is 3. The van der Waals surface area contributed by atoms with Crippen molar-refractivity contribution < 1.29 is 4.79 Å². The Balaban J connectivity index is 1.75. The highest BCUT2D eigenvalue weighted by atomic mass is 32.2. The predicted octanol–water partition coefficient (Wildman–Crippen LogP) is 2.00. The van der Waals surface area contributed by atoms with Gasteiger partial charge in [0, 0.05) is 29.3 Å². The summed E-state index contributed by atoms with van der Waals surface area (Å²) in [5, 5.41) is 9.83. The number of carbonyl (C=O) groups excluding carboxylic acids is 1. The smallest absolute Gasteiger partial charge is 0.242 e. The van der Waals surface area contributed by atoms with Gasteiger partial charge in [-0.3, -0.25) is 4.79 Å². The van der Waals surface area contributed by atoms with Crippen LogP contribution in [-0.2, 0) is 4.79 Å². The zero-order chi connectivity index (χ0) is 16.5. The van der Waals surface area contributed by atoms with Gasteiger partial charge in [-0.2, -0.15) is 0 Å². The van der Waals surface area contributed by atoms with Crippen molar-refractivity contribution in [3.8, 4) is 0 Å². The highest BCUT2D eigenvalue weighted by Gasteiger charge is 2.22. The first kappa shape index (κ1) is 17.7. The van der Waals surface area contributed by atoms with E-state index in [2.05, 4.69) is 40.0 Å². The third-order valence-corrected chi connectivity index (χ3v) is 4.42. The van der Waals surface area contributed by atoms with Crippen LogP contribution in [0.1, 0.15) is 26.7 Å². The molecule has 6 heteroatoms. The molecular formula is C17H26N4OS. The van der Waals surface area contributed by atoms with E-state index in [9.17, 15) is 4.79 Å². The zero-order valence-corrected chi connectivity index (χ0v) is 14.7. The van der Waals surface area contributed by atoms with E-state index in [0.717, 1.165) is 25.9 Å². The van der Waals surface area contributed by atoms with Crippen molar-refractivity contribution in [2.45, 2.75) is 42.9 Å². The molecule has 5 nitrogen and oxygen atoms in total. The van der Waals surface area contributed by atoms with Crippen LogP contribution in [0.25, 0.3) is 0 Å². The summed E-state index contributed by atoms with van der Waals surface area (Å²) in [7, 11) is 0. The summed E-state index contributed by atoms with van der Waals surface area (Å²) in [6.07, 6.45) is 2.20. The fourth-order valence-corrected chi connectivity index (χ4v) is 2.95. The summed E-state index contributed by atoms with van der Waals surface area (Å²) >= 11 is 1.82. The molecule has 0 radical (unpaired) electrons. The molecule has 0 aromatic heterocycles. The monoisotopic (exact) mass is 334 g/mol. The molecular weight excluding hydrogens is 308 g/mol. The molecule has 0 aliphatic heterocycles. The van der Waals surface area contributed by atoms with Crippen molar-refractivity contribution in [3.63, 3.8) is 0 Å². The van der Waals surface area contributed by atoms with Crippen LogP contribution in [0.4, 0.5) is 0 Å². The number of hydrogen-bond donors (Lipinski definition) is 3. The highest BCUT2D eigenvalue weighted by molar-refractivity contribution is 8.00. The summed E-state index contributed by atoms with van der Waals surface area (Å²) in [5.41, 5.74) is 0. The molecule has 0 bridgehead atoms. The lowest BCUT2D eigenvalue weighted by atomic mass is 10.4. The van der Waals surface area contributed by atoms with E-state index in [1.54, 1.807) is 0 Å². The van der Waals surface area contributed by atoms with Gasteiger partial charge < -0.3 is 16.0 Å². The van der Waals surface area contributed by atoms with Gasteiger partial charge in [0.2, 0.25) is 5.91 Å². The summed E-state index contributed by atoms with van der Waals surface area (Å²) in [4.78, 5) is 17.3. The number of rotatable bonds is 8. The van der Waals surface area contributed by atoms with Crippen molar-refractivity contribution in [2.75, 3.05) is 19.6 Å². The Morgan fingerprint density at radius 3 is 2.70 bits per heavy atom. The van der Waals surface area contributed by atoms with Crippen molar-refractivity contribution >= 4 is 23.6 Å². The first-order chi connectivity index (χ1) is 11.2. The number of nitrogens with one attached hydrogen (secondary N) is 3. The third kappa shape index (κ3) is 7.41. The fraction of sp³-hybridized carbons (Fsp3) is 0.529. The molecule has 23 heavy (non-hydrogen) atoms. The van der Waals surface area contributed by atoms with Crippen LogP contribution in [-0.4, -0.2) is 42.8 Å². The summed E-state index contributed by atoms with van der Waals surface area (Å²) in [6, 6.07) is 10.7. The molecule has 126 valence electrons. The van der Waals surface area contributed by atoms with Gasteiger partial charge >= 0.3 is 0 Å². The summed E-state index contributed by atoms with van der Waals surface area (Å²) < 4.78 is 0. The van der Waals surface area contributed by atoms with Crippen LogP contribution in [0.15, 0.2) is 40.2 Å². The Labute approximate surface area is 142 Å². The first-order valence-corrected chi connectivity index (χ1v) is 9.08. The first-order valence-electron chi connectivity index (χ1n) is 8.20. The number of guanidine groups is 1. The minimum absolute atomic E-state index is 0.00332. The maximum atomic E-state index is 11.7. The van der Waals surface area contributed by atoms with Crippen LogP contribution in [0.2, 0.25) is 0 Å². The predicted molar refractivity (Wildman–Crippen MR) is 96.9 cm³/mol. The van der Waals surface area contributed by atoms with E-state index in [0.29, 0.717) is 17.3 Å². The van der Waals surface area contributed by atoms with Crippen LogP contribution in [0, 0.1) is 0 Å². The van der Waals surface area contributed by atoms with Crippen LogP contribution >= 0.6 is 11.8 Å².